The van der Waals surface area contributed by atoms with Gasteiger partial charge in [0.05, 0.1) is 12.5 Å². The van der Waals surface area contributed by atoms with Crippen LogP contribution in [0.1, 0.15) is 26.2 Å². The van der Waals surface area contributed by atoms with Crippen molar-refractivity contribution in [2.24, 2.45) is 17.8 Å². The minimum Gasteiger partial charge on any atom is -0.481 e. The second-order valence-corrected chi connectivity index (χ2v) is 4.87. The summed E-state index contributed by atoms with van der Waals surface area (Å²) in [6.45, 7) is 3.60. The zero-order valence-corrected chi connectivity index (χ0v) is 10.1. The lowest BCUT2D eigenvalue weighted by Crippen LogP contribution is -2.39. The van der Waals surface area contributed by atoms with Gasteiger partial charge in [-0.15, -0.1) is 0 Å². The molecule has 17 heavy (non-hydrogen) atoms. The Hall–Kier alpha value is -1.26. The standard InChI is InChI=1S/C12H19NO4/c1-2-17-12(16)13-5-3-8(4-6-13)9-7-10(9)11(14)15/h8-10H,2-7H2,1H3,(H,14,15). The number of hydrogen-bond donors (Lipinski definition) is 1. The second-order valence-electron chi connectivity index (χ2n) is 4.87. The maximum Gasteiger partial charge on any atom is 0.409 e. The molecule has 5 nitrogen and oxygen atoms in total. The molecule has 0 bridgehead atoms. The van der Waals surface area contributed by atoms with Gasteiger partial charge in [0.15, 0.2) is 0 Å². The quantitative estimate of drug-likeness (QED) is 0.814. The molecule has 2 aliphatic rings. The predicted octanol–water partition coefficient (Wildman–Crippen LogP) is 1.58. The third-order valence-electron chi connectivity index (χ3n) is 3.83. The molecule has 0 aromatic carbocycles. The summed E-state index contributed by atoms with van der Waals surface area (Å²) in [4.78, 5) is 24.0. The van der Waals surface area contributed by atoms with Crippen molar-refractivity contribution in [2.75, 3.05) is 19.7 Å². The van der Waals surface area contributed by atoms with Crippen LogP contribution in [0.4, 0.5) is 4.79 Å². The minimum atomic E-state index is -0.664. The Balaban J connectivity index is 1.75. The van der Waals surface area contributed by atoms with Crippen LogP contribution in [0.2, 0.25) is 0 Å². The number of ether oxygens (including phenoxy) is 1. The predicted molar refractivity (Wildman–Crippen MR) is 60.6 cm³/mol. The van der Waals surface area contributed by atoms with Crippen molar-refractivity contribution < 1.29 is 19.4 Å². The molecule has 1 amide bonds. The summed E-state index contributed by atoms with van der Waals surface area (Å²) in [7, 11) is 0. The molecule has 0 spiro atoms. The van der Waals surface area contributed by atoms with Gasteiger partial charge in [0.1, 0.15) is 0 Å². The van der Waals surface area contributed by atoms with Crippen molar-refractivity contribution in [1.29, 1.82) is 0 Å². The van der Waals surface area contributed by atoms with E-state index in [-0.39, 0.29) is 12.0 Å². The first kappa shape index (κ1) is 12.2. The molecule has 1 aliphatic heterocycles. The number of carbonyl (C=O) groups excluding carboxylic acids is 1. The first-order valence-corrected chi connectivity index (χ1v) is 6.28. The van der Waals surface area contributed by atoms with E-state index >= 15 is 0 Å². The number of piperidine rings is 1. The topological polar surface area (TPSA) is 66.8 Å². The van der Waals surface area contributed by atoms with Gasteiger partial charge in [-0.2, -0.15) is 0 Å². The van der Waals surface area contributed by atoms with Crippen molar-refractivity contribution >= 4 is 12.1 Å². The highest BCUT2D eigenvalue weighted by Crippen LogP contribution is 2.47. The molecule has 1 N–H and O–H groups in total. The average Bonchev–Trinajstić information content (AvgIpc) is 3.09. The fourth-order valence-electron chi connectivity index (χ4n) is 2.74. The second kappa shape index (κ2) is 4.94. The average molecular weight is 241 g/mol. The van der Waals surface area contributed by atoms with Crippen LogP contribution in [-0.4, -0.2) is 41.8 Å². The number of aliphatic carboxylic acids is 1. The number of carboxylic acid groups (broad SMARTS) is 1. The number of amides is 1. The smallest absolute Gasteiger partial charge is 0.409 e. The number of carboxylic acids is 1. The highest BCUT2D eigenvalue weighted by molar-refractivity contribution is 5.73. The fraction of sp³-hybridized carbons (Fsp3) is 0.833. The normalized spacial score (nSPS) is 28.9. The molecular formula is C12H19NO4. The highest BCUT2D eigenvalue weighted by atomic mass is 16.6. The Labute approximate surface area is 101 Å². The zero-order chi connectivity index (χ0) is 12.4. The maximum absolute atomic E-state index is 11.5. The number of rotatable bonds is 3. The molecule has 2 atom stereocenters. The SMILES string of the molecule is CCOC(=O)N1CCC(C2CC2C(=O)O)CC1. The van der Waals surface area contributed by atoms with E-state index in [1.54, 1.807) is 11.8 Å². The molecule has 2 fully saturated rings. The molecule has 0 aromatic heterocycles. The van der Waals surface area contributed by atoms with Gasteiger partial charge < -0.3 is 14.7 Å². The summed E-state index contributed by atoms with van der Waals surface area (Å²) < 4.78 is 4.94. The molecule has 5 heteroatoms. The lowest BCUT2D eigenvalue weighted by Gasteiger charge is -2.31. The summed E-state index contributed by atoms with van der Waals surface area (Å²) in [6.07, 6.45) is 2.40. The zero-order valence-electron chi connectivity index (χ0n) is 10.1. The first-order valence-electron chi connectivity index (χ1n) is 6.28. The van der Waals surface area contributed by atoms with Crippen LogP contribution in [0.15, 0.2) is 0 Å². The van der Waals surface area contributed by atoms with Crippen LogP contribution in [-0.2, 0) is 9.53 Å². The largest absolute Gasteiger partial charge is 0.481 e. The van der Waals surface area contributed by atoms with Gasteiger partial charge in [0.2, 0.25) is 0 Å². The molecule has 0 aromatic rings. The molecular weight excluding hydrogens is 222 g/mol. The van der Waals surface area contributed by atoms with Crippen molar-refractivity contribution in [3.63, 3.8) is 0 Å². The molecule has 1 heterocycles. The van der Waals surface area contributed by atoms with E-state index in [2.05, 4.69) is 0 Å². The van der Waals surface area contributed by atoms with E-state index in [4.69, 9.17) is 9.84 Å². The van der Waals surface area contributed by atoms with Gasteiger partial charge in [-0.25, -0.2) is 4.79 Å². The number of hydrogen-bond acceptors (Lipinski definition) is 3. The molecule has 2 rings (SSSR count). The molecule has 1 saturated heterocycles. The number of nitrogens with zero attached hydrogens (tertiary/aromatic N) is 1. The lowest BCUT2D eigenvalue weighted by molar-refractivity contribution is -0.139. The van der Waals surface area contributed by atoms with Crippen LogP contribution in [0.5, 0.6) is 0 Å². The van der Waals surface area contributed by atoms with E-state index in [9.17, 15) is 9.59 Å². The third kappa shape index (κ3) is 2.70. The van der Waals surface area contributed by atoms with Gasteiger partial charge >= 0.3 is 12.1 Å². The van der Waals surface area contributed by atoms with Crippen molar-refractivity contribution in [2.45, 2.75) is 26.2 Å². The van der Waals surface area contributed by atoms with E-state index in [0.29, 0.717) is 31.5 Å². The van der Waals surface area contributed by atoms with Crippen molar-refractivity contribution in [3.8, 4) is 0 Å². The number of carbonyl (C=O) groups is 2. The summed E-state index contributed by atoms with van der Waals surface area (Å²) in [5, 5.41) is 8.88. The van der Waals surface area contributed by atoms with Crippen LogP contribution in [0, 0.1) is 17.8 Å². The minimum absolute atomic E-state index is 0.130. The maximum atomic E-state index is 11.5. The van der Waals surface area contributed by atoms with E-state index < -0.39 is 5.97 Å². The Morgan fingerprint density at radius 3 is 2.47 bits per heavy atom. The summed E-state index contributed by atoms with van der Waals surface area (Å²) in [5.74, 6) is 0.0237. The van der Waals surface area contributed by atoms with E-state index in [1.807, 2.05) is 0 Å². The Kier molecular flexibility index (Phi) is 3.54. The van der Waals surface area contributed by atoms with Gasteiger partial charge in [0, 0.05) is 13.1 Å². The first-order chi connectivity index (χ1) is 8.13. The van der Waals surface area contributed by atoms with Crippen LogP contribution in [0.25, 0.3) is 0 Å². The van der Waals surface area contributed by atoms with Crippen LogP contribution in [0.3, 0.4) is 0 Å². The molecule has 2 unspecified atom stereocenters. The van der Waals surface area contributed by atoms with E-state index in [0.717, 1.165) is 19.3 Å². The molecule has 0 radical (unpaired) electrons. The van der Waals surface area contributed by atoms with Gasteiger partial charge in [0.25, 0.3) is 0 Å². The van der Waals surface area contributed by atoms with Gasteiger partial charge in [-0.05, 0) is 38.0 Å². The monoisotopic (exact) mass is 241 g/mol. The van der Waals surface area contributed by atoms with Crippen molar-refractivity contribution in [1.82, 2.24) is 4.90 Å². The van der Waals surface area contributed by atoms with Gasteiger partial charge in [-0.3, -0.25) is 4.79 Å². The summed E-state index contributed by atoms with van der Waals surface area (Å²) >= 11 is 0. The van der Waals surface area contributed by atoms with Crippen molar-refractivity contribution in [3.05, 3.63) is 0 Å². The lowest BCUT2D eigenvalue weighted by atomic mass is 9.91. The summed E-state index contributed by atoms with van der Waals surface area (Å²) in [5.41, 5.74) is 0. The Bertz CT molecular complexity index is 310. The summed E-state index contributed by atoms with van der Waals surface area (Å²) in [6, 6.07) is 0. The molecule has 1 saturated carbocycles. The number of likely N-dealkylation sites (tertiary alicyclic amines) is 1. The Morgan fingerprint density at radius 1 is 1.35 bits per heavy atom. The van der Waals surface area contributed by atoms with E-state index in [1.165, 1.54) is 0 Å². The van der Waals surface area contributed by atoms with Gasteiger partial charge in [-0.1, -0.05) is 0 Å². The van der Waals surface area contributed by atoms with Crippen LogP contribution >= 0.6 is 0 Å². The molecule has 96 valence electrons. The fourth-order valence-corrected chi connectivity index (χ4v) is 2.74. The molecule has 1 aliphatic carbocycles. The highest BCUT2D eigenvalue weighted by Gasteiger charge is 2.48. The third-order valence-corrected chi connectivity index (χ3v) is 3.83. The van der Waals surface area contributed by atoms with Crippen LogP contribution < -0.4 is 0 Å². The Morgan fingerprint density at radius 2 is 2.00 bits per heavy atom.